The minimum absolute atomic E-state index is 0.451. The van der Waals surface area contributed by atoms with E-state index in [-0.39, 0.29) is 0 Å². The first-order valence-electron chi connectivity index (χ1n) is 6.91. The van der Waals surface area contributed by atoms with Gasteiger partial charge in [0, 0.05) is 38.6 Å². The molecule has 6 heteroatoms. The molecular formula is C15H16N6. The van der Waals surface area contributed by atoms with Crippen molar-refractivity contribution in [1.82, 2.24) is 15.0 Å². The van der Waals surface area contributed by atoms with Crippen molar-refractivity contribution in [3.8, 4) is 6.07 Å². The first-order valence-corrected chi connectivity index (χ1v) is 6.91. The van der Waals surface area contributed by atoms with Crippen LogP contribution in [0.3, 0.4) is 0 Å². The highest BCUT2D eigenvalue weighted by atomic mass is 15.3. The van der Waals surface area contributed by atoms with E-state index in [1.165, 1.54) is 0 Å². The summed E-state index contributed by atoms with van der Waals surface area (Å²) in [6.07, 6.45) is 5.22. The highest BCUT2D eigenvalue weighted by Crippen LogP contribution is 2.19. The fraction of sp³-hybridized carbons (Fsp3) is 0.333. The Labute approximate surface area is 123 Å². The Morgan fingerprint density at radius 1 is 1.00 bits per heavy atom. The predicted octanol–water partition coefficient (Wildman–Crippen LogP) is 1.38. The molecule has 2 aromatic rings. The first kappa shape index (κ1) is 13.3. The largest absolute Gasteiger partial charge is 0.367 e. The van der Waals surface area contributed by atoms with Gasteiger partial charge in [-0.3, -0.25) is 4.98 Å². The molecule has 0 N–H and O–H groups in total. The van der Waals surface area contributed by atoms with E-state index in [4.69, 9.17) is 5.26 Å². The third-order valence-corrected chi connectivity index (χ3v) is 3.66. The number of rotatable bonds is 2. The van der Waals surface area contributed by atoms with Crippen LogP contribution in [0.25, 0.3) is 0 Å². The molecule has 0 radical (unpaired) electrons. The average Bonchev–Trinajstić information content (AvgIpc) is 2.56. The molecule has 1 fully saturated rings. The van der Waals surface area contributed by atoms with Crippen LogP contribution < -0.4 is 9.80 Å². The topological polar surface area (TPSA) is 68.9 Å². The van der Waals surface area contributed by atoms with Crippen molar-refractivity contribution in [3.63, 3.8) is 0 Å². The first-order chi connectivity index (χ1) is 10.3. The zero-order valence-electron chi connectivity index (χ0n) is 11.9. The van der Waals surface area contributed by atoms with Crippen molar-refractivity contribution in [2.75, 3.05) is 36.0 Å². The summed E-state index contributed by atoms with van der Waals surface area (Å²) in [6.45, 7) is 5.60. The van der Waals surface area contributed by atoms with E-state index < -0.39 is 0 Å². The summed E-state index contributed by atoms with van der Waals surface area (Å²) < 4.78 is 0. The van der Waals surface area contributed by atoms with Gasteiger partial charge in [-0.1, -0.05) is 0 Å². The summed E-state index contributed by atoms with van der Waals surface area (Å²) in [4.78, 5) is 17.4. The van der Waals surface area contributed by atoms with Gasteiger partial charge in [0.25, 0.3) is 0 Å². The average molecular weight is 280 g/mol. The summed E-state index contributed by atoms with van der Waals surface area (Å²) >= 11 is 0. The minimum Gasteiger partial charge on any atom is -0.367 e. The molecule has 0 atom stereocenters. The van der Waals surface area contributed by atoms with Crippen LogP contribution in [-0.2, 0) is 0 Å². The summed E-state index contributed by atoms with van der Waals surface area (Å²) in [7, 11) is 0. The number of piperazine rings is 1. The minimum atomic E-state index is 0.451. The van der Waals surface area contributed by atoms with Crippen molar-refractivity contribution < 1.29 is 0 Å². The van der Waals surface area contributed by atoms with Gasteiger partial charge >= 0.3 is 0 Å². The van der Waals surface area contributed by atoms with Crippen LogP contribution in [0.5, 0.6) is 0 Å². The summed E-state index contributed by atoms with van der Waals surface area (Å²) in [6, 6.07) is 5.75. The normalized spacial score (nSPS) is 14.9. The van der Waals surface area contributed by atoms with Crippen molar-refractivity contribution in [1.29, 1.82) is 5.26 Å². The SMILES string of the molecule is Cc1nccnc1N1CCN(c2ccc(C#N)nc2)CC1. The Morgan fingerprint density at radius 3 is 2.33 bits per heavy atom. The predicted molar refractivity (Wildman–Crippen MR) is 80.1 cm³/mol. The highest BCUT2D eigenvalue weighted by molar-refractivity contribution is 5.50. The van der Waals surface area contributed by atoms with Crippen LogP contribution in [-0.4, -0.2) is 41.1 Å². The Hall–Kier alpha value is -2.68. The Balaban J connectivity index is 1.67. The number of hydrogen-bond donors (Lipinski definition) is 0. The number of aromatic nitrogens is 3. The van der Waals surface area contributed by atoms with Crippen molar-refractivity contribution in [3.05, 3.63) is 42.1 Å². The van der Waals surface area contributed by atoms with Crippen LogP contribution in [0.15, 0.2) is 30.7 Å². The van der Waals surface area contributed by atoms with E-state index in [0.717, 1.165) is 43.4 Å². The number of aryl methyl sites for hydroxylation is 1. The molecule has 0 aromatic carbocycles. The van der Waals surface area contributed by atoms with Gasteiger partial charge in [0.2, 0.25) is 0 Å². The zero-order chi connectivity index (χ0) is 14.7. The maximum absolute atomic E-state index is 8.78. The van der Waals surface area contributed by atoms with Crippen LogP contribution in [0.2, 0.25) is 0 Å². The van der Waals surface area contributed by atoms with Crippen LogP contribution in [0, 0.1) is 18.3 Å². The fourth-order valence-corrected chi connectivity index (χ4v) is 2.53. The Bertz CT molecular complexity index is 653. The number of pyridine rings is 1. The lowest BCUT2D eigenvalue weighted by atomic mass is 10.2. The molecule has 0 saturated carbocycles. The fourth-order valence-electron chi connectivity index (χ4n) is 2.53. The number of anilines is 2. The second-order valence-corrected chi connectivity index (χ2v) is 4.95. The molecule has 3 rings (SSSR count). The lowest BCUT2D eigenvalue weighted by Crippen LogP contribution is -2.47. The van der Waals surface area contributed by atoms with Gasteiger partial charge in [-0.2, -0.15) is 5.26 Å². The number of nitriles is 1. The second-order valence-electron chi connectivity index (χ2n) is 4.95. The zero-order valence-corrected chi connectivity index (χ0v) is 11.9. The van der Waals surface area contributed by atoms with E-state index in [1.54, 1.807) is 24.7 Å². The van der Waals surface area contributed by atoms with Gasteiger partial charge in [0.1, 0.15) is 17.6 Å². The third-order valence-electron chi connectivity index (χ3n) is 3.66. The lowest BCUT2D eigenvalue weighted by Gasteiger charge is -2.36. The van der Waals surface area contributed by atoms with Gasteiger partial charge in [0.05, 0.1) is 17.6 Å². The number of nitrogens with zero attached hydrogens (tertiary/aromatic N) is 6. The van der Waals surface area contributed by atoms with E-state index in [1.807, 2.05) is 19.1 Å². The standard InChI is InChI=1S/C15H16N6/c1-12-15(18-5-4-17-12)21-8-6-20(7-9-21)14-3-2-13(10-16)19-11-14/h2-5,11H,6-9H2,1H3. The van der Waals surface area contributed by atoms with Crippen molar-refractivity contribution >= 4 is 11.5 Å². The van der Waals surface area contributed by atoms with E-state index >= 15 is 0 Å². The molecule has 6 nitrogen and oxygen atoms in total. The smallest absolute Gasteiger partial charge is 0.150 e. The second kappa shape index (κ2) is 5.75. The molecule has 2 aromatic heterocycles. The Kier molecular flexibility index (Phi) is 3.65. The molecule has 1 aliphatic heterocycles. The van der Waals surface area contributed by atoms with Gasteiger partial charge in [-0.25, -0.2) is 9.97 Å². The van der Waals surface area contributed by atoms with Crippen LogP contribution in [0.1, 0.15) is 11.4 Å². The quantitative estimate of drug-likeness (QED) is 0.827. The highest BCUT2D eigenvalue weighted by Gasteiger charge is 2.19. The molecule has 1 saturated heterocycles. The molecule has 0 spiro atoms. The molecule has 0 bridgehead atoms. The van der Waals surface area contributed by atoms with E-state index in [2.05, 4.69) is 24.8 Å². The maximum Gasteiger partial charge on any atom is 0.150 e. The van der Waals surface area contributed by atoms with Crippen LogP contribution >= 0.6 is 0 Å². The van der Waals surface area contributed by atoms with Gasteiger partial charge in [0.15, 0.2) is 0 Å². The van der Waals surface area contributed by atoms with Gasteiger partial charge in [-0.15, -0.1) is 0 Å². The van der Waals surface area contributed by atoms with E-state index in [9.17, 15) is 0 Å². The molecule has 0 amide bonds. The third kappa shape index (κ3) is 2.77. The van der Waals surface area contributed by atoms with Gasteiger partial charge < -0.3 is 9.80 Å². The van der Waals surface area contributed by atoms with Crippen molar-refractivity contribution in [2.45, 2.75) is 6.92 Å². The Morgan fingerprint density at radius 2 is 1.71 bits per heavy atom. The summed E-state index contributed by atoms with van der Waals surface area (Å²) in [5.41, 5.74) is 2.48. The molecule has 21 heavy (non-hydrogen) atoms. The lowest BCUT2D eigenvalue weighted by molar-refractivity contribution is 0.643. The monoisotopic (exact) mass is 280 g/mol. The number of hydrogen-bond acceptors (Lipinski definition) is 6. The maximum atomic E-state index is 8.78. The van der Waals surface area contributed by atoms with Crippen LogP contribution in [0.4, 0.5) is 11.5 Å². The molecule has 3 heterocycles. The summed E-state index contributed by atoms with van der Waals surface area (Å²) in [5, 5.41) is 8.78. The molecule has 106 valence electrons. The molecule has 0 aliphatic carbocycles. The van der Waals surface area contributed by atoms with Crippen molar-refractivity contribution in [2.24, 2.45) is 0 Å². The van der Waals surface area contributed by atoms with E-state index in [0.29, 0.717) is 5.69 Å². The molecule has 1 aliphatic rings. The molecular weight excluding hydrogens is 264 g/mol. The molecule has 0 unspecified atom stereocenters. The summed E-state index contributed by atoms with van der Waals surface area (Å²) in [5.74, 6) is 0.968. The van der Waals surface area contributed by atoms with Gasteiger partial charge in [-0.05, 0) is 19.1 Å².